The second-order valence-electron chi connectivity index (χ2n) is 10.0. The second-order valence-corrected chi connectivity index (χ2v) is 10.0. The number of morpholine rings is 1. The summed E-state index contributed by atoms with van der Waals surface area (Å²) >= 11 is 0. The van der Waals surface area contributed by atoms with Gasteiger partial charge in [0.25, 0.3) is 0 Å². The van der Waals surface area contributed by atoms with Crippen LogP contribution < -0.4 is 15.4 Å². The fourth-order valence-electron chi connectivity index (χ4n) is 5.01. The Bertz CT molecular complexity index is 1710. The van der Waals surface area contributed by atoms with Crippen molar-refractivity contribution in [3.63, 3.8) is 0 Å². The molecule has 5 aromatic rings. The molecular formula is C32H33N7O3. The number of anilines is 3. The van der Waals surface area contributed by atoms with Crippen LogP contribution >= 0.6 is 0 Å². The summed E-state index contributed by atoms with van der Waals surface area (Å²) in [4.78, 5) is 24.0. The summed E-state index contributed by atoms with van der Waals surface area (Å²) in [6, 6.07) is 20.1. The Morgan fingerprint density at radius 2 is 1.93 bits per heavy atom. The molecule has 6 rings (SSSR count). The van der Waals surface area contributed by atoms with Crippen LogP contribution in [0.15, 0.2) is 85.3 Å². The Morgan fingerprint density at radius 3 is 2.76 bits per heavy atom. The number of benzene rings is 3. The number of ether oxygens (including phenoxy) is 2. The van der Waals surface area contributed by atoms with E-state index in [2.05, 4.69) is 48.8 Å². The smallest absolute Gasteiger partial charge is 0.248 e. The number of nitrogens with one attached hydrogen (secondary N) is 2. The molecule has 10 heteroatoms. The van der Waals surface area contributed by atoms with Crippen molar-refractivity contribution < 1.29 is 14.3 Å². The first-order valence-electron chi connectivity index (χ1n) is 14.1. The van der Waals surface area contributed by atoms with Crippen molar-refractivity contribution >= 4 is 44.9 Å². The van der Waals surface area contributed by atoms with Crippen LogP contribution in [0, 0.1) is 0 Å². The summed E-state index contributed by atoms with van der Waals surface area (Å²) in [5, 5.41) is 12.8. The number of carbonyl (C=O) groups is 1. The van der Waals surface area contributed by atoms with E-state index in [1.807, 2.05) is 66.3 Å². The average Bonchev–Trinajstić information content (AvgIpc) is 3.40. The first-order valence-corrected chi connectivity index (χ1v) is 14.1. The van der Waals surface area contributed by atoms with Crippen molar-refractivity contribution in [2.45, 2.75) is 13.5 Å². The third-order valence-corrected chi connectivity index (χ3v) is 7.11. The summed E-state index contributed by atoms with van der Waals surface area (Å²) in [5.41, 5.74) is 4.37. The predicted molar refractivity (Wildman–Crippen MR) is 164 cm³/mol. The molecule has 1 amide bonds. The largest absolute Gasteiger partial charge is 0.492 e. The Balaban J connectivity index is 1.22. The van der Waals surface area contributed by atoms with Crippen LogP contribution in [-0.4, -0.2) is 70.0 Å². The molecule has 0 aliphatic carbocycles. The summed E-state index contributed by atoms with van der Waals surface area (Å²) in [5.74, 6) is 0.946. The summed E-state index contributed by atoms with van der Waals surface area (Å²) < 4.78 is 13.2. The standard InChI is InChI=1S/C32H33N7O3/c1-2-42-30-19-27-26(18-28(30)37-31(40)9-6-12-38-13-15-41-16-14-38)32(34-22-33-27)36-25-10-11-29-24(17-25)20-35-39(29)21-23-7-4-3-5-8-23/h3-11,17-20,22H,2,12-16,21H2,1H3,(H,37,40)(H,33,34,36). The fraction of sp³-hybridized carbons (Fsp3) is 0.250. The van der Waals surface area contributed by atoms with Gasteiger partial charge in [0, 0.05) is 48.2 Å². The summed E-state index contributed by atoms with van der Waals surface area (Å²) in [7, 11) is 0. The zero-order valence-electron chi connectivity index (χ0n) is 23.5. The zero-order valence-corrected chi connectivity index (χ0v) is 23.5. The maximum atomic E-state index is 12.8. The Hall–Kier alpha value is -4.80. The molecule has 214 valence electrons. The molecule has 0 saturated carbocycles. The normalized spacial score (nSPS) is 14.0. The SMILES string of the molecule is CCOc1cc2ncnc(Nc3ccc4c(cnn4Cc4ccccc4)c3)c2cc1NC(=O)C=CCN1CCOCC1. The molecule has 2 N–H and O–H groups in total. The van der Waals surface area contributed by atoms with Crippen LogP contribution in [-0.2, 0) is 16.1 Å². The number of carbonyl (C=O) groups excluding carboxylic acids is 1. The van der Waals surface area contributed by atoms with Gasteiger partial charge in [-0.05, 0) is 36.8 Å². The van der Waals surface area contributed by atoms with Gasteiger partial charge in [0.1, 0.15) is 17.9 Å². The van der Waals surface area contributed by atoms with E-state index < -0.39 is 0 Å². The molecule has 0 atom stereocenters. The predicted octanol–water partition coefficient (Wildman–Crippen LogP) is 5.00. The topological polar surface area (TPSA) is 106 Å². The molecule has 3 aromatic carbocycles. The van der Waals surface area contributed by atoms with E-state index in [-0.39, 0.29) is 5.91 Å². The quantitative estimate of drug-likeness (QED) is 0.229. The summed E-state index contributed by atoms with van der Waals surface area (Å²) in [6.07, 6.45) is 6.82. The van der Waals surface area contributed by atoms with E-state index in [9.17, 15) is 4.79 Å². The van der Waals surface area contributed by atoms with E-state index in [1.54, 1.807) is 6.08 Å². The molecule has 1 aliphatic heterocycles. The molecule has 42 heavy (non-hydrogen) atoms. The lowest BCUT2D eigenvalue weighted by atomic mass is 10.1. The molecule has 3 heterocycles. The lowest BCUT2D eigenvalue weighted by Gasteiger charge is -2.25. The highest BCUT2D eigenvalue weighted by atomic mass is 16.5. The van der Waals surface area contributed by atoms with Crippen molar-refractivity contribution in [1.82, 2.24) is 24.6 Å². The highest BCUT2D eigenvalue weighted by Crippen LogP contribution is 2.34. The van der Waals surface area contributed by atoms with E-state index >= 15 is 0 Å². The van der Waals surface area contributed by atoms with E-state index in [4.69, 9.17) is 9.47 Å². The van der Waals surface area contributed by atoms with Gasteiger partial charge in [-0.25, -0.2) is 9.97 Å². The van der Waals surface area contributed by atoms with Gasteiger partial charge in [0.15, 0.2) is 0 Å². The minimum atomic E-state index is -0.229. The third-order valence-electron chi connectivity index (χ3n) is 7.11. The number of rotatable bonds is 10. The van der Waals surface area contributed by atoms with Crippen molar-refractivity contribution in [3.05, 3.63) is 90.9 Å². The van der Waals surface area contributed by atoms with E-state index in [1.165, 1.54) is 11.9 Å². The third kappa shape index (κ3) is 6.40. The van der Waals surface area contributed by atoms with Gasteiger partial charge in [0.05, 0.1) is 49.3 Å². The monoisotopic (exact) mass is 563 g/mol. The molecule has 0 radical (unpaired) electrons. The van der Waals surface area contributed by atoms with Crippen molar-refractivity contribution in [2.75, 3.05) is 50.1 Å². The molecule has 0 bridgehead atoms. The lowest BCUT2D eigenvalue weighted by Crippen LogP contribution is -2.36. The molecule has 1 saturated heterocycles. The molecule has 10 nitrogen and oxygen atoms in total. The number of hydrogen-bond acceptors (Lipinski definition) is 8. The first-order chi connectivity index (χ1) is 20.7. The molecule has 0 spiro atoms. The first kappa shape index (κ1) is 27.4. The molecule has 0 unspecified atom stereocenters. The van der Waals surface area contributed by atoms with Gasteiger partial charge in [0.2, 0.25) is 5.91 Å². The van der Waals surface area contributed by atoms with Gasteiger partial charge >= 0.3 is 0 Å². The lowest BCUT2D eigenvalue weighted by molar-refractivity contribution is -0.111. The van der Waals surface area contributed by atoms with Crippen LogP contribution in [0.2, 0.25) is 0 Å². The van der Waals surface area contributed by atoms with E-state index in [0.717, 1.165) is 48.3 Å². The van der Waals surface area contributed by atoms with E-state index in [0.29, 0.717) is 42.5 Å². The molecule has 1 fully saturated rings. The Kier molecular flexibility index (Phi) is 8.34. The fourth-order valence-corrected chi connectivity index (χ4v) is 5.01. The summed E-state index contributed by atoms with van der Waals surface area (Å²) in [6.45, 7) is 6.93. The van der Waals surface area contributed by atoms with Gasteiger partial charge in [-0.3, -0.25) is 14.4 Å². The minimum Gasteiger partial charge on any atom is -0.492 e. The van der Waals surface area contributed by atoms with Gasteiger partial charge < -0.3 is 20.1 Å². The van der Waals surface area contributed by atoms with Gasteiger partial charge in [-0.1, -0.05) is 36.4 Å². The highest BCUT2D eigenvalue weighted by Gasteiger charge is 2.14. The van der Waals surface area contributed by atoms with Crippen molar-refractivity contribution in [2.24, 2.45) is 0 Å². The average molecular weight is 564 g/mol. The molecule has 1 aliphatic rings. The molecule has 2 aromatic heterocycles. The minimum absolute atomic E-state index is 0.229. The number of fused-ring (bicyclic) bond motifs is 2. The van der Waals surface area contributed by atoms with Gasteiger partial charge in [-0.2, -0.15) is 5.10 Å². The zero-order chi connectivity index (χ0) is 28.7. The Labute approximate surface area is 244 Å². The van der Waals surface area contributed by atoms with Crippen LogP contribution in [0.25, 0.3) is 21.8 Å². The highest BCUT2D eigenvalue weighted by molar-refractivity contribution is 6.03. The van der Waals surface area contributed by atoms with Crippen LogP contribution in [0.1, 0.15) is 12.5 Å². The second kappa shape index (κ2) is 12.8. The number of hydrogen-bond donors (Lipinski definition) is 2. The van der Waals surface area contributed by atoms with Crippen molar-refractivity contribution in [1.29, 1.82) is 0 Å². The van der Waals surface area contributed by atoms with Crippen LogP contribution in [0.5, 0.6) is 5.75 Å². The molecular weight excluding hydrogens is 530 g/mol. The van der Waals surface area contributed by atoms with Gasteiger partial charge in [-0.15, -0.1) is 0 Å². The van der Waals surface area contributed by atoms with Crippen molar-refractivity contribution in [3.8, 4) is 5.75 Å². The number of nitrogens with zero attached hydrogens (tertiary/aromatic N) is 5. The number of amides is 1. The maximum absolute atomic E-state index is 12.8. The maximum Gasteiger partial charge on any atom is 0.248 e. The van der Waals surface area contributed by atoms with Crippen LogP contribution in [0.3, 0.4) is 0 Å². The van der Waals surface area contributed by atoms with Crippen LogP contribution in [0.4, 0.5) is 17.2 Å². The Morgan fingerprint density at radius 1 is 1.07 bits per heavy atom. The number of aromatic nitrogens is 4.